The van der Waals surface area contributed by atoms with Crippen LogP contribution in [-0.4, -0.2) is 141 Å². The van der Waals surface area contributed by atoms with E-state index in [0.717, 1.165) is 103 Å². The van der Waals surface area contributed by atoms with E-state index in [1.165, 1.54) is 7.11 Å². The van der Waals surface area contributed by atoms with Gasteiger partial charge >= 0.3 is 20.1 Å². The highest BCUT2D eigenvalue weighted by atomic mass is 16.5. The summed E-state index contributed by atoms with van der Waals surface area (Å²) in [4.78, 5) is 56.4. The zero-order valence-corrected chi connectivity index (χ0v) is 36.4. The number of carbonyl (C=O) groups is 3. The van der Waals surface area contributed by atoms with Gasteiger partial charge in [0, 0.05) is 63.4 Å². The average molecular weight is 841 g/mol. The quantitative estimate of drug-likeness (QED) is 0.162. The Labute approximate surface area is 362 Å². The zero-order chi connectivity index (χ0) is 43.8. The van der Waals surface area contributed by atoms with Gasteiger partial charge in [0.1, 0.15) is 17.2 Å². The van der Waals surface area contributed by atoms with Gasteiger partial charge in [-0.3, -0.25) is 29.3 Å². The van der Waals surface area contributed by atoms with Gasteiger partial charge in [0.05, 0.1) is 18.5 Å². The first kappa shape index (κ1) is 47.8. The molecule has 5 N–H and O–H groups in total. The Morgan fingerprint density at radius 3 is 1.84 bits per heavy atom. The second-order valence-corrected chi connectivity index (χ2v) is 17.0. The van der Waals surface area contributed by atoms with E-state index in [1.807, 2.05) is 63.1 Å². The van der Waals surface area contributed by atoms with Crippen LogP contribution in [0.1, 0.15) is 81.2 Å². The maximum absolute atomic E-state index is 13.3. The Morgan fingerprint density at radius 1 is 0.770 bits per heavy atom. The van der Waals surface area contributed by atoms with Gasteiger partial charge in [-0.05, 0) is 152 Å². The summed E-state index contributed by atoms with van der Waals surface area (Å²) in [6.45, 7) is 10.8. The molecule has 7 rings (SSSR count). The number of hydrogen-bond donors (Lipinski definition) is 4. The minimum absolute atomic E-state index is 0.0919. The number of nitrogen functional groups attached to an aromatic ring is 1. The number of aliphatic hydroxyl groups is 1. The molecule has 3 aromatic heterocycles. The van der Waals surface area contributed by atoms with Crippen molar-refractivity contribution >= 4 is 37.6 Å². The van der Waals surface area contributed by atoms with Crippen molar-refractivity contribution in [1.82, 2.24) is 34.4 Å². The number of methoxy groups -OCH3 is 1. The summed E-state index contributed by atoms with van der Waals surface area (Å²) in [5, 5.41) is 30.2. The third-order valence-electron chi connectivity index (χ3n) is 12.6. The maximum Gasteiger partial charge on any atom is 0.376 e. The van der Waals surface area contributed by atoms with Crippen molar-refractivity contribution in [3.63, 3.8) is 0 Å². The number of piperidine rings is 4. The lowest BCUT2D eigenvalue weighted by Crippen LogP contribution is -2.46. The molecule has 3 aromatic rings. The molecule has 0 aliphatic carbocycles. The highest BCUT2D eigenvalue weighted by Crippen LogP contribution is 2.37. The van der Waals surface area contributed by atoms with Gasteiger partial charge in [-0.1, -0.05) is 12.1 Å². The number of nitrogens with zero attached hydrogens (tertiary/aromatic N) is 7. The van der Waals surface area contributed by atoms with Crippen LogP contribution in [0.15, 0.2) is 67.1 Å². The highest BCUT2D eigenvalue weighted by Gasteiger charge is 2.39. The molecule has 1 amide bonds. The number of Topliss-reactive ketones (excluding diaryl/α,β-unsaturated/α-hetero) is 1. The van der Waals surface area contributed by atoms with Crippen molar-refractivity contribution in [2.24, 2.45) is 17.8 Å². The molecule has 0 unspecified atom stereocenters. The lowest BCUT2D eigenvalue weighted by atomic mass is 9.80. The first-order valence-electron chi connectivity index (χ1n) is 22.0. The third-order valence-corrected chi connectivity index (χ3v) is 12.6. The molecule has 330 valence electrons. The number of pyridine rings is 3. The Morgan fingerprint density at radius 2 is 1.33 bits per heavy atom. The van der Waals surface area contributed by atoms with Crippen LogP contribution in [-0.2, 0) is 31.3 Å². The molecular formula is C44H66B2N8O7. The molecule has 0 bridgehead atoms. The molecule has 15 nitrogen and oxygen atoms in total. The van der Waals surface area contributed by atoms with Gasteiger partial charge in [0.25, 0.3) is 0 Å². The first-order chi connectivity index (χ1) is 29.3. The average Bonchev–Trinajstić information content (AvgIpc) is 3.28. The molecule has 4 aliphatic heterocycles. The number of hydrogen-bond acceptors (Lipinski definition) is 14. The summed E-state index contributed by atoms with van der Waals surface area (Å²) in [6.07, 6.45) is 12.9. The van der Waals surface area contributed by atoms with Crippen LogP contribution in [0.2, 0.25) is 13.6 Å². The van der Waals surface area contributed by atoms with Gasteiger partial charge in [0.15, 0.2) is 0 Å². The van der Waals surface area contributed by atoms with Crippen molar-refractivity contribution < 1.29 is 34.3 Å². The van der Waals surface area contributed by atoms with Crippen molar-refractivity contribution in [1.29, 1.82) is 0 Å². The van der Waals surface area contributed by atoms with Crippen LogP contribution < -0.4 is 5.73 Å². The van der Waals surface area contributed by atoms with Crippen LogP contribution >= 0.6 is 0 Å². The number of nitrogens with two attached hydrogens (primary N) is 1. The van der Waals surface area contributed by atoms with E-state index in [0.29, 0.717) is 54.6 Å². The summed E-state index contributed by atoms with van der Waals surface area (Å²) in [6, 6.07) is 15.2. The molecule has 61 heavy (non-hydrogen) atoms. The fourth-order valence-corrected chi connectivity index (χ4v) is 8.77. The summed E-state index contributed by atoms with van der Waals surface area (Å²) in [5.41, 5.74) is 6.97. The van der Waals surface area contributed by atoms with Crippen LogP contribution in [0.4, 0.5) is 5.82 Å². The van der Waals surface area contributed by atoms with Crippen LogP contribution in [0.5, 0.6) is 0 Å². The van der Waals surface area contributed by atoms with Crippen LogP contribution in [0.3, 0.4) is 0 Å². The molecule has 4 aliphatic rings. The third kappa shape index (κ3) is 14.7. The zero-order valence-electron chi connectivity index (χ0n) is 36.4. The van der Waals surface area contributed by atoms with E-state index in [9.17, 15) is 24.5 Å². The molecule has 0 atom stereocenters. The second-order valence-electron chi connectivity index (χ2n) is 17.0. The number of ether oxygens (including phenoxy) is 1. The van der Waals surface area contributed by atoms with Gasteiger partial charge in [0.2, 0.25) is 5.91 Å². The van der Waals surface area contributed by atoms with Crippen LogP contribution in [0, 0.1) is 17.8 Å². The second kappa shape index (κ2) is 23.8. The van der Waals surface area contributed by atoms with E-state index >= 15 is 0 Å². The number of ketones is 1. The summed E-state index contributed by atoms with van der Waals surface area (Å²) in [7, 11) is 0.662. The predicted octanol–water partition coefficient (Wildman–Crippen LogP) is 3.36. The number of carbonyl (C=O) groups excluding carboxylic acids is 3. The Hall–Kier alpha value is -4.25. The summed E-state index contributed by atoms with van der Waals surface area (Å²) in [5.74, 6) is 1.83. The van der Waals surface area contributed by atoms with E-state index < -0.39 is 12.7 Å². The molecule has 4 fully saturated rings. The van der Waals surface area contributed by atoms with Crippen molar-refractivity contribution in [2.45, 2.75) is 90.0 Å². The number of esters is 1. The number of rotatable bonds is 11. The minimum Gasteiger partial charge on any atom is -0.469 e. The smallest absolute Gasteiger partial charge is 0.376 e. The predicted molar refractivity (Wildman–Crippen MR) is 236 cm³/mol. The van der Waals surface area contributed by atoms with Gasteiger partial charge in [-0.2, -0.15) is 0 Å². The van der Waals surface area contributed by atoms with E-state index in [2.05, 4.69) is 24.6 Å². The standard InChI is InChI=1S/C29H36N6O2.C9H18BNO3.C6H12BNO2/c30-27-19-23(7-14-33-27)21-34-15-10-24(11-16-34)28(36)35-17-8-22(9-18-35)20-29(37,25-5-1-3-12-31-25)26-6-2-4-13-32-26;1-10(13)11-5-3-8(4-6-11)7-9(12)14-2;1-7(10)8-4-2-6(9)3-5-8/h1-7,12-14,19,22,24,37H,8-11,15-18,20-21H2,(H2,30,33);8,13H,3-7H2,1-2H3;10H,2-5H2,1H3. The van der Waals surface area contributed by atoms with Crippen molar-refractivity contribution in [3.05, 3.63) is 84.1 Å². The highest BCUT2D eigenvalue weighted by molar-refractivity contribution is 6.45. The van der Waals surface area contributed by atoms with Gasteiger partial charge in [-0.15, -0.1) is 0 Å². The molecule has 4 saturated heterocycles. The topological polar surface area (TPSA) is 199 Å². The first-order valence-corrected chi connectivity index (χ1v) is 22.0. The fourth-order valence-electron chi connectivity index (χ4n) is 8.77. The fraction of sp³-hybridized carbons (Fsp3) is 0.591. The Kier molecular flexibility index (Phi) is 18.7. The molecule has 0 aromatic carbocycles. The van der Waals surface area contributed by atoms with Gasteiger partial charge in [-0.25, -0.2) is 4.98 Å². The largest absolute Gasteiger partial charge is 0.469 e. The molecule has 0 spiro atoms. The molecule has 0 saturated carbocycles. The van der Waals surface area contributed by atoms with E-state index in [1.54, 1.807) is 32.2 Å². The normalized spacial score (nSPS) is 18.9. The lowest BCUT2D eigenvalue weighted by molar-refractivity contribution is -0.142. The number of anilines is 1. The van der Waals surface area contributed by atoms with Crippen LogP contribution in [0.25, 0.3) is 0 Å². The maximum atomic E-state index is 13.3. The van der Waals surface area contributed by atoms with Crippen molar-refractivity contribution in [2.75, 3.05) is 65.2 Å². The number of likely N-dealkylation sites (tertiary alicyclic amines) is 2. The summed E-state index contributed by atoms with van der Waals surface area (Å²) < 4.78 is 4.63. The van der Waals surface area contributed by atoms with Crippen molar-refractivity contribution in [3.8, 4) is 0 Å². The van der Waals surface area contributed by atoms with Gasteiger partial charge < -0.3 is 40.1 Å². The van der Waals surface area contributed by atoms with E-state index in [-0.39, 0.29) is 30.8 Å². The molecule has 0 radical (unpaired) electrons. The molecule has 17 heteroatoms. The van der Waals surface area contributed by atoms with E-state index in [4.69, 9.17) is 10.8 Å². The number of amides is 1. The monoisotopic (exact) mass is 841 g/mol. The number of aromatic nitrogens is 3. The minimum atomic E-state index is -1.24. The lowest BCUT2D eigenvalue weighted by Gasteiger charge is -2.39. The SMILES string of the molecule is CB(O)N1CCC(=O)CC1.COC(=O)CC1CCN(B(C)O)CC1.Nc1cc(CN2CCC(C(=O)N3CCC(CC(O)(c4ccccn4)c4ccccn4)CC3)CC2)ccn1. The Balaban J connectivity index is 0.000000239. The Bertz CT molecular complexity index is 1740. The summed E-state index contributed by atoms with van der Waals surface area (Å²) >= 11 is 0. The molecular weight excluding hydrogens is 774 g/mol. The molecule has 7 heterocycles.